The second kappa shape index (κ2) is 14.3. The molecule has 1 aromatic carbocycles. The van der Waals surface area contributed by atoms with Gasteiger partial charge in [0.05, 0.1) is 13.2 Å². The van der Waals surface area contributed by atoms with Crippen LogP contribution in [0, 0.1) is 0 Å². The van der Waals surface area contributed by atoms with Crippen LogP contribution in [0.15, 0.2) is 35.3 Å². The van der Waals surface area contributed by atoms with Crippen molar-refractivity contribution in [3.63, 3.8) is 0 Å². The molecule has 0 bridgehead atoms. The molecule has 0 heterocycles. The molecule has 130 valence electrons. The van der Waals surface area contributed by atoms with E-state index in [0.717, 1.165) is 12.1 Å². The number of carbonyl (C=O) groups excluding carboxylic acids is 1. The summed E-state index contributed by atoms with van der Waals surface area (Å²) in [5.74, 6) is 0.722. The maximum absolute atomic E-state index is 11.8. The van der Waals surface area contributed by atoms with Crippen LogP contribution >= 0.6 is 24.0 Å². The van der Waals surface area contributed by atoms with Crippen LogP contribution < -0.4 is 16.0 Å². The van der Waals surface area contributed by atoms with Crippen LogP contribution in [0.1, 0.15) is 18.9 Å². The Morgan fingerprint density at radius 3 is 2.57 bits per heavy atom. The molecule has 0 fully saturated rings. The van der Waals surface area contributed by atoms with E-state index in [2.05, 4.69) is 20.9 Å². The molecule has 0 saturated heterocycles. The number of methoxy groups -OCH3 is 1. The molecule has 1 amide bonds. The summed E-state index contributed by atoms with van der Waals surface area (Å²) in [6.45, 7) is 5.04. The Hall–Kier alpha value is -1.35. The first kappa shape index (κ1) is 21.6. The second-order valence-electron chi connectivity index (χ2n) is 4.69. The van der Waals surface area contributed by atoms with Gasteiger partial charge in [0.1, 0.15) is 0 Å². The lowest BCUT2D eigenvalue weighted by Crippen LogP contribution is -2.39. The van der Waals surface area contributed by atoms with Gasteiger partial charge in [-0.25, -0.2) is 0 Å². The first-order valence-electron chi connectivity index (χ1n) is 7.58. The number of nitrogens with one attached hydrogen (secondary N) is 3. The standard InChI is InChI=1S/C16H26N4O2.HI/c1-3-17-16(19-11-12-22-2)18-10-9-15(21)20-13-14-7-5-4-6-8-14;/h4-8H,3,9-13H2,1-2H3,(H,20,21)(H2,17,18,19);1H. The number of hydrogen-bond acceptors (Lipinski definition) is 3. The zero-order valence-electron chi connectivity index (χ0n) is 13.8. The molecule has 0 unspecified atom stereocenters. The Kier molecular flexibility index (Phi) is 13.4. The highest BCUT2D eigenvalue weighted by Crippen LogP contribution is 1.97. The van der Waals surface area contributed by atoms with Gasteiger partial charge in [-0.15, -0.1) is 24.0 Å². The fraction of sp³-hybridized carbons (Fsp3) is 0.500. The van der Waals surface area contributed by atoms with E-state index >= 15 is 0 Å². The fourth-order valence-corrected chi connectivity index (χ4v) is 1.77. The van der Waals surface area contributed by atoms with Crippen molar-refractivity contribution < 1.29 is 9.53 Å². The van der Waals surface area contributed by atoms with E-state index in [9.17, 15) is 4.79 Å². The quantitative estimate of drug-likeness (QED) is 0.239. The minimum atomic E-state index is 0. The summed E-state index contributed by atoms with van der Waals surface area (Å²) < 4.78 is 4.96. The van der Waals surface area contributed by atoms with Crippen LogP contribution in [0.25, 0.3) is 0 Å². The number of amides is 1. The van der Waals surface area contributed by atoms with Gasteiger partial charge in [-0.1, -0.05) is 30.3 Å². The summed E-state index contributed by atoms with van der Waals surface area (Å²) in [4.78, 5) is 16.1. The van der Waals surface area contributed by atoms with Crippen LogP contribution in [0.2, 0.25) is 0 Å². The van der Waals surface area contributed by atoms with Crippen molar-refractivity contribution in [2.24, 2.45) is 4.99 Å². The van der Waals surface area contributed by atoms with E-state index in [1.54, 1.807) is 7.11 Å². The third-order valence-corrected chi connectivity index (χ3v) is 2.89. The predicted molar refractivity (Wildman–Crippen MR) is 104 cm³/mol. The SMILES string of the molecule is CCNC(=NCCOC)NCCC(=O)NCc1ccccc1.I. The minimum Gasteiger partial charge on any atom is -0.383 e. The molecule has 0 saturated carbocycles. The number of hydrogen-bond donors (Lipinski definition) is 3. The summed E-state index contributed by atoms with van der Waals surface area (Å²) in [7, 11) is 1.65. The summed E-state index contributed by atoms with van der Waals surface area (Å²) >= 11 is 0. The van der Waals surface area contributed by atoms with Gasteiger partial charge in [0.15, 0.2) is 5.96 Å². The molecule has 1 rings (SSSR count). The van der Waals surface area contributed by atoms with Gasteiger partial charge in [-0.05, 0) is 12.5 Å². The maximum atomic E-state index is 11.8. The van der Waals surface area contributed by atoms with Gasteiger partial charge in [0.2, 0.25) is 5.91 Å². The number of ether oxygens (including phenoxy) is 1. The summed E-state index contributed by atoms with van der Waals surface area (Å²) in [5, 5.41) is 9.15. The molecule has 3 N–H and O–H groups in total. The third kappa shape index (κ3) is 10.9. The molecule has 1 aromatic rings. The molecule has 0 radical (unpaired) electrons. The molecule has 7 heteroatoms. The van der Waals surface area contributed by atoms with Crippen molar-refractivity contribution in [3.8, 4) is 0 Å². The van der Waals surface area contributed by atoms with Gasteiger partial charge in [-0.2, -0.15) is 0 Å². The molecule has 0 spiro atoms. The Labute approximate surface area is 155 Å². The Bertz CT molecular complexity index is 455. The number of guanidine groups is 1. The largest absolute Gasteiger partial charge is 0.383 e. The van der Waals surface area contributed by atoms with Crippen LogP contribution in [-0.4, -0.2) is 45.2 Å². The first-order chi connectivity index (χ1) is 10.8. The Morgan fingerprint density at radius 1 is 1.17 bits per heavy atom. The van der Waals surface area contributed by atoms with Gasteiger partial charge < -0.3 is 20.7 Å². The average molecular weight is 434 g/mol. The monoisotopic (exact) mass is 434 g/mol. The first-order valence-corrected chi connectivity index (χ1v) is 7.58. The van der Waals surface area contributed by atoms with E-state index in [1.165, 1.54) is 0 Å². The van der Waals surface area contributed by atoms with Gasteiger partial charge in [0.25, 0.3) is 0 Å². The zero-order chi connectivity index (χ0) is 16.0. The Balaban J connectivity index is 0.00000484. The smallest absolute Gasteiger partial charge is 0.222 e. The van der Waals surface area contributed by atoms with Crippen molar-refractivity contribution >= 4 is 35.8 Å². The van der Waals surface area contributed by atoms with Crippen molar-refractivity contribution in [3.05, 3.63) is 35.9 Å². The molecule has 0 aliphatic carbocycles. The van der Waals surface area contributed by atoms with E-state index in [-0.39, 0.29) is 29.9 Å². The number of aliphatic imine (C=N–C) groups is 1. The number of halogens is 1. The van der Waals surface area contributed by atoms with Crippen molar-refractivity contribution in [1.82, 2.24) is 16.0 Å². The molecule has 0 aliphatic heterocycles. The van der Waals surface area contributed by atoms with Crippen molar-refractivity contribution in [2.45, 2.75) is 19.9 Å². The van der Waals surface area contributed by atoms with Crippen molar-refractivity contribution in [2.75, 3.05) is 33.4 Å². The highest BCUT2D eigenvalue weighted by molar-refractivity contribution is 14.0. The fourth-order valence-electron chi connectivity index (χ4n) is 1.77. The molecular weight excluding hydrogens is 407 g/mol. The normalized spacial score (nSPS) is 10.6. The summed E-state index contributed by atoms with van der Waals surface area (Å²) in [5.41, 5.74) is 1.10. The lowest BCUT2D eigenvalue weighted by atomic mass is 10.2. The topological polar surface area (TPSA) is 74.8 Å². The van der Waals surface area contributed by atoms with E-state index in [0.29, 0.717) is 38.6 Å². The van der Waals surface area contributed by atoms with E-state index < -0.39 is 0 Å². The predicted octanol–water partition coefficient (Wildman–Crippen LogP) is 1.51. The zero-order valence-corrected chi connectivity index (χ0v) is 16.1. The van der Waals surface area contributed by atoms with Crippen molar-refractivity contribution in [1.29, 1.82) is 0 Å². The van der Waals surface area contributed by atoms with Gasteiger partial charge in [0, 0.05) is 33.2 Å². The van der Waals surface area contributed by atoms with Crippen LogP contribution in [0.5, 0.6) is 0 Å². The lowest BCUT2D eigenvalue weighted by Gasteiger charge is -2.11. The number of carbonyl (C=O) groups is 1. The second-order valence-corrected chi connectivity index (χ2v) is 4.69. The molecule has 0 atom stereocenters. The van der Waals surface area contributed by atoms with Crippen LogP contribution in [-0.2, 0) is 16.1 Å². The molecule has 0 aliphatic rings. The highest BCUT2D eigenvalue weighted by atomic mass is 127. The summed E-state index contributed by atoms with van der Waals surface area (Å²) in [6.07, 6.45) is 0.404. The van der Waals surface area contributed by atoms with Gasteiger partial charge in [-0.3, -0.25) is 9.79 Å². The molecule has 23 heavy (non-hydrogen) atoms. The highest BCUT2D eigenvalue weighted by Gasteiger charge is 2.02. The number of benzene rings is 1. The molecule has 0 aromatic heterocycles. The Morgan fingerprint density at radius 2 is 1.91 bits per heavy atom. The minimum absolute atomic E-state index is 0. The summed E-state index contributed by atoms with van der Waals surface area (Å²) in [6, 6.07) is 9.86. The molecular formula is C16H27IN4O2. The maximum Gasteiger partial charge on any atom is 0.222 e. The number of rotatable bonds is 9. The van der Waals surface area contributed by atoms with Crippen LogP contribution in [0.3, 0.4) is 0 Å². The van der Waals surface area contributed by atoms with Gasteiger partial charge >= 0.3 is 0 Å². The van der Waals surface area contributed by atoms with E-state index in [4.69, 9.17) is 4.74 Å². The lowest BCUT2D eigenvalue weighted by molar-refractivity contribution is -0.121. The number of nitrogens with zero attached hydrogens (tertiary/aromatic N) is 1. The molecule has 6 nitrogen and oxygen atoms in total. The van der Waals surface area contributed by atoms with Crippen LogP contribution in [0.4, 0.5) is 0 Å². The van der Waals surface area contributed by atoms with E-state index in [1.807, 2.05) is 37.3 Å². The third-order valence-electron chi connectivity index (χ3n) is 2.89. The average Bonchev–Trinajstić information content (AvgIpc) is 2.54.